The fraction of sp³-hybridized carbons (Fsp3) is 0.538. The van der Waals surface area contributed by atoms with E-state index in [-0.39, 0.29) is 11.0 Å². The van der Waals surface area contributed by atoms with Crippen molar-refractivity contribution in [1.82, 2.24) is 0 Å². The minimum absolute atomic E-state index is 0.226. The number of hydrogen-bond acceptors (Lipinski definition) is 2. The molecule has 2 nitrogen and oxygen atoms in total. The molecule has 0 bridgehead atoms. The zero-order valence-corrected chi connectivity index (χ0v) is 11.1. The molecule has 1 aromatic rings. The van der Waals surface area contributed by atoms with E-state index in [1.54, 1.807) is 27.7 Å². The first-order valence-electron chi connectivity index (χ1n) is 5.75. The molecule has 1 N–H and O–H groups in total. The van der Waals surface area contributed by atoms with Crippen molar-refractivity contribution >= 4 is 12.9 Å². The van der Waals surface area contributed by atoms with Gasteiger partial charge in [-0.1, -0.05) is 12.1 Å². The highest BCUT2D eigenvalue weighted by atomic mass is 19.1. The van der Waals surface area contributed by atoms with Crippen LogP contribution in [-0.4, -0.2) is 23.8 Å². The van der Waals surface area contributed by atoms with Crippen LogP contribution in [0.5, 0.6) is 0 Å². The van der Waals surface area contributed by atoms with Gasteiger partial charge in [-0.05, 0) is 44.8 Å². The second kappa shape index (κ2) is 5.37. The number of rotatable bonds is 5. The van der Waals surface area contributed by atoms with E-state index in [4.69, 9.17) is 4.65 Å². The Morgan fingerprint density at radius 1 is 1.28 bits per heavy atom. The first-order chi connectivity index (χ1) is 8.17. The number of halogens is 2. The van der Waals surface area contributed by atoms with Gasteiger partial charge in [-0.2, -0.15) is 0 Å². The van der Waals surface area contributed by atoms with E-state index in [1.807, 2.05) is 0 Å². The highest BCUT2D eigenvalue weighted by molar-refractivity contribution is 6.47. The number of aliphatic hydroxyl groups is 1. The normalized spacial score (nSPS) is 12.6. The van der Waals surface area contributed by atoms with Crippen LogP contribution < -0.4 is 5.46 Å². The van der Waals surface area contributed by atoms with E-state index >= 15 is 0 Å². The highest BCUT2D eigenvalue weighted by Gasteiger charge is 2.35. The Morgan fingerprint density at radius 2 is 1.89 bits per heavy atom. The van der Waals surface area contributed by atoms with Crippen molar-refractivity contribution in [2.24, 2.45) is 0 Å². The molecular weight excluding hydrogens is 237 g/mol. The third-order valence-corrected chi connectivity index (χ3v) is 3.17. The lowest BCUT2D eigenvalue weighted by Gasteiger charge is -2.37. The van der Waals surface area contributed by atoms with E-state index in [2.05, 4.69) is 0 Å². The van der Waals surface area contributed by atoms with Crippen LogP contribution in [0.4, 0.5) is 8.78 Å². The predicted octanol–water partition coefficient (Wildman–Crippen LogP) is 2.11. The van der Waals surface area contributed by atoms with Crippen LogP contribution in [-0.2, 0) is 11.3 Å². The maximum Gasteiger partial charge on any atom is 0.333 e. The molecule has 0 aromatic heterocycles. The zero-order chi connectivity index (χ0) is 14.0. The van der Waals surface area contributed by atoms with Gasteiger partial charge in [0, 0.05) is 0 Å². The molecule has 0 heterocycles. The predicted molar refractivity (Wildman–Crippen MR) is 68.1 cm³/mol. The van der Waals surface area contributed by atoms with Gasteiger partial charge in [0.2, 0.25) is 0 Å². The first-order valence-corrected chi connectivity index (χ1v) is 5.75. The average molecular weight is 255 g/mol. The largest absolute Gasteiger partial charge is 0.427 e. The van der Waals surface area contributed by atoms with E-state index in [1.165, 1.54) is 19.6 Å². The van der Waals surface area contributed by atoms with Crippen LogP contribution in [0.1, 0.15) is 33.3 Å². The average Bonchev–Trinajstić information content (AvgIpc) is 2.25. The molecule has 0 unspecified atom stereocenters. The van der Waals surface area contributed by atoms with Gasteiger partial charge in [0.1, 0.15) is 12.5 Å². The van der Waals surface area contributed by atoms with Crippen molar-refractivity contribution in [2.75, 3.05) is 0 Å². The number of benzene rings is 1. The molecular formula is C13H18BF2O2. The Bertz CT molecular complexity index is 414. The minimum atomic E-state index is -1.07. The van der Waals surface area contributed by atoms with Gasteiger partial charge in [0.25, 0.3) is 0 Å². The summed E-state index contributed by atoms with van der Waals surface area (Å²) in [4.78, 5) is 0. The lowest BCUT2D eigenvalue weighted by atomic mass is 9.82. The van der Waals surface area contributed by atoms with Gasteiger partial charge in [0.15, 0.2) is 0 Å². The summed E-state index contributed by atoms with van der Waals surface area (Å²) < 4.78 is 31.3. The van der Waals surface area contributed by atoms with Gasteiger partial charge >= 0.3 is 7.48 Å². The van der Waals surface area contributed by atoms with Crippen LogP contribution in [0.25, 0.3) is 0 Å². The first kappa shape index (κ1) is 15.1. The number of alkyl halides is 1. The summed E-state index contributed by atoms with van der Waals surface area (Å²) in [5.41, 5.74) is -1.42. The van der Waals surface area contributed by atoms with Crippen molar-refractivity contribution in [2.45, 2.75) is 45.6 Å². The van der Waals surface area contributed by atoms with Crippen LogP contribution in [0.2, 0.25) is 0 Å². The van der Waals surface area contributed by atoms with Crippen molar-refractivity contribution in [3.63, 3.8) is 0 Å². The lowest BCUT2D eigenvalue weighted by molar-refractivity contribution is -0.0893. The summed E-state index contributed by atoms with van der Waals surface area (Å²) in [6, 6.07) is 4.08. The molecule has 1 rings (SSSR count). The smallest absolute Gasteiger partial charge is 0.333 e. The van der Waals surface area contributed by atoms with E-state index in [0.717, 1.165) is 6.07 Å². The molecule has 0 saturated carbocycles. The Kier molecular flexibility index (Phi) is 4.51. The molecule has 0 aliphatic heterocycles. The molecule has 0 aliphatic rings. The fourth-order valence-corrected chi connectivity index (χ4v) is 1.10. The number of hydrogen-bond donors (Lipinski definition) is 1. The second-order valence-corrected chi connectivity index (χ2v) is 5.29. The Morgan fingerprint density at radius 3 is 2.33 bits per heavy atom. The van der Waals surface area contributed by atoms with Crippen molar-refractivity contribution in [1.29, 1.82) is 0 Å². The Labute approximate surface area is 107 Å². The maximum absolute atomic E-state index is 13.6. The van der Waals surface area contributed by atoms with Crippen LogP contribution in [0.3, 0.4) is 0 Å². The standard InChI is InChI=1S/C13H18BF2O2/c1-12(2,17)13(3,4)18-14-10-6-5-9(8-15)7-11(10)16/h5-7,17H,8H2,1-4H3. The summed E-state index contributed by atoms with van der Waals surface area (Å²) in [6.45, 7) is 5.94. The summed E-state index contributed by atoms with van der Waals surface area (Å²) in [7, 11) is 1.25. The summed E-state index contributed by atoms with van der Waals surface area (Å²) in [5, 5.41) is 9.89. The molecule has 1 radical (unpaired) electrons. The third-order valence-electron chi connectivity index (χ3n) is 3.17. The molecule has 0 amide bonds. The Balaban J connectivity index is 2.75. The summed E-state index contributed by atoms with van der Waals surface area (Å²) >= 11 is 0. The quantitative estimate of drug-likeness (QED) is 0.816. The molecule has 0 aliphatic carbocycles. The second-order valence-electron chi connectivity index (χ2n) is 5.29. The Hall–Kier alpha value is -0.935. The minimum Gasteiger partial charge on any atom is -0.427 e. The van der Waals surface area contributed by atoms with Crippen molar-refractivity contribution in [3.8, 4) is 0 Å². The van der Waals surface area contributed by atoms with Crippen LogP contribution >= 0.6 is 0 Å². The lowest BCUT2D eigenvalue weighted by Crippen LogP contribution is -2.49. The van der Waals surface area contributed by atoms with Gasteiger partial charge in [0.05, 0.1) is 11.2 Å². The topological polar surface area (TPSA) is 29.5 Å². The summed E-state index contributed by atoms with van der Waals surface area (Å²) in [5.74, 6) is -0.545. The molecule has 99 valence electrons. The monoisotopic (exact) mass is 255 g/mol. The molecule has 0 fully saturated rings. The SMILES string of the molecule is CC(C)(O)C(C)(C)O[B]c1ccc(CF)cc1F. The van der Waals surface area contributed by atoms with Crippen LogP contribution in [0.15, 0.2) is 18.2 Å². The highest BCUT2D eigenvalue weighted by Crippen LogP contribution is 2.24. The van der Waals surface area contributed by atoms with Gasteiger partial charge in [-0.15, -0.1) is 0 Å². The van der Waals surface area contributed by atoms with Gasteiger partial charge in [-0.25, -0.2) is 8.78 Å². The molecule has 18 heavy (non-hydrogen) atoms. The van der Waals surface area contributed by atoms with Gasteiger partial charge < -0.3 is 9.76 Å². The molecule has 0 saturated heterocycles. The molecule has 1 aromatic carbocycles. The van der Waals surface area contributed by atoms with Crippen LogP contribution in [0, 0.1) is 5.82 Å². The molecule has 5 heteroatoms. The van der Waals surface area contributed by atoms with E-state index in [9.17, 15) is 13.9 Å². The van der Waals surface area contributed by atoms with Gasteiger partial charge in [-0.3, -0.25) is 0 Å². The third kappa shape index (κ3) is 3.53. The van der Waals surface area contributed by atoms with Crippen molar-refractivity contribution in [3.05, 3.63) is 29.6 Å². The summed E-state index contributed by atoms with van der Waals surface area (Å²) in [6.07, 6.45) is 0. The molecule has 0 spiro atoms. The fourth-order valence-electron chi connectivity index (χ4n) is 1.10. The zero-order valence-electron chi connectivity index (χ0n) is 11.1. The van der Waals surface area contributed by atoms with Crippen molar-refractivity contribution < 1.29 is 18.5 Å². The maximum atomic E-state index is 13.6. The van der Waals surface area contributed by atoms with E-state index < -0.39 is 23.7 Å². The molecule has 0 atom stereocenters. The van der Waals surface area contributed by atoms with E-state index in [0.29, 0.717) is 0 Å².